The number of hydrogen-bond donors (Lipinski definition) is 0. The third-order valence-corrected chi connectivity index (χ3v) is 4.50. The van der Waals surface area contributed by atoms with Gasteiger partial charge in [-0.2, -0.15) is 13.2 Å². The molecule has 0 N–H and O–H groups in total. The maximum Gasteiger partial charge on any atom is 0.434 e. The van der Waals surface area contributed by atoms with Crippen molar-refractivity contribution in [3.63, 3.8) is 0 Å². The molecule has 0 radical (unpaired) electrons. The van der Waals surface area contributed by atoms with E-state index in [1.165, 1.54) is 0 Å². The fourth-order valence-electron chi connectivity index (χ4n) is 2.20. The second kappa shape index (κ2) is 5.89. The summed E-state index contributed by atoms with van der Waals surface area (Å²) in [6.07, 6.45) is -3.14. The van der Waals surface area contributed by atoms with Crippen molar-refractivity contribution in [2.24, 2.45) is 0 Å². The number of amides is 1. The van der Waals surface area contributed by atoms with Crippen LogP contribution in [-0.2, 0) is 11.0 Å². The summed E-state index contributed by atoms with van der Waals surface area (Å²) in [5.74, 6) is -0.133. The van der Waals surface area contributed by atoms with Crippen LogP contribution in [0.3, 0.4) is 0 Å². The highest BCUT2D eigenvalue weighted by molar-refractivity contribution is 7.09. The number of halogens is 4. The van der Waals surface area contributed by atoms with Crippen LogP contribution in [0.4, 0.5) is 13.2 Å². The molecule has 20 heavy (non-hydrogen) atoms. The van der Waals surface area contributed by atoms with E-state index in [-0.39, 0.29) is 11.8 Å². The van der Waals surface area contributed by atoms with Crippen molar-refractivity contribution in [2.45, 2.75) is 37.2 Å². The number of nitrogens with zero attached hydrogens (tertiary/aromatic N) is 2. The molecule has 8 heteroatoms. The quantitative estimate of drug-likeness (QED) is 0.779. The molecule has 112 valence electrons. The molecule has 1 fully saturated rings. The van der Waals surface area contributed by atoms with Gasteiger partial charge in [-0.15, -0.1) is 22.9 Å². The second-order valence-corrected chi connectivity index (χ2v) is 6.33. The lowest BCUT2D eigenvalue weighted by Crippen LogP contribution is -2.41. The SMILES string of the molecule is CC(Cl)C(=O)N1CCC(c2nc(C(F)(F)F)cs2)CC1. The number of likely N-dealkylation sites (tertiary alicyclic amines) is 1. The van der Waals surface area contributed by atoms with E-state index in [0.29, 0.717) is 30.9 Å². The number of carbonyl (C=O) groups excluding carboxylic acids is 1. The molecule has 0 bridgehead atoms. The van der Waals surface area contributed by atoms with E-state index in [4.69, 9.17) is 11.6 Å². The van der Waals surface area contributed by atoms with Gasteiger partial charge in [0.2, 0.25) is 5.91 Å². The Morgan fingerprint density at radius 2 is 2.10 bits per heavy atom. The monoisotopic (exact) mass is 326 g/mol. The zero-order chi connectivity index (χ0) is 14.9. The van der Waals surface area contributed by atoms with Crippen LogP contribution in [0.15, 0.2) is 5.38 Å². The molecule has 1 aromatic rings. The molecule has 1 aromatic heterocycles. The maximum atomic E-state index is 12.5. The molecule has 0 saturated carbocycles. The maximum absolute atomic E-state index is 12.5. The lowest BCUT2D eigenvalue weighted by atomic mass is 9.97. The Balaban J connectivity index is 1.97. The Hall–Kier alpha value is -0.820. The van der Waals surface area contributed by atoms with E-state index in [1.54, 1.807) is 11.8 Å². The van der Waals surface area contributed by atoms with Gasteiger partial charge >= 0.3 is 6.18 Å². The van der Waals surface area contributed by atoms with Crippen LogP contribution in [0.5, 0.6) is 0 Å². The van der Waals surface area contributed by atoms with E-state index < -0.39 is 17.2 Å². The first-order valence-corrected chi connectivity index (χ1v) is 7.56. The standard InChI is InChI=1S/C12H14ClF3N2OS/c1-7(13)11(19)18-4-2-8(3-5-18)10-17-9(6-20-10)12(14,15)16/h6-8H,2-5H2,1H3. The highest BCUT2D eigenvalue weighted by Gasteiger charge is 2.35. The van der Waals surface area contributed by atoms with Crippen molar-refractivity contribution in [3.05, 3.63) is 16.1 Å². The van der Waals surface area contributed by atoms with Crippen LogP contribution in [0, 0.1) is 0 Å². The van der Waals surface area contributed by atoms with Gasteiger partial charge in [0, 0.05) is 24.4 Å². The highest BCUT2D eigenvalue weighted by atomic mass is 35.5. The third-order valence-electron chi connectivity index (χ3n) is 3.31. The Morgan fingerprint density at radius 1 is 1.50 bits per heavy atom. The molecule has 0 spiro atoms. The highest BCUT2D eigenvalue weighted by Crippen LogP contribution is 2.35. The minimum Gasteiger partial charge on any atom is -0.341 e. The Kier molecular flexibility index (Phi) is 4.59. The minimum atomic E-state index is -4.39. The number of hydrogen-bond acceptors (Lipinski definition) is 3. The van der Waals surface area contributed by atoms with Crippen molar-refractivity contribution in [2.75, 3.05) is 13.1 Å². The molecule has 1 aliphatic heterocycles. The van der Waals surface area contributed by atoms with Gasteiger partial charge in [-0.3, -0.25) is 4.79 Å². The number of aromatic nitrogens is 1. The Bertz CT molecular complexity index is 481. The first kappa shape index (κ1) is 15.6. The Labute approximate surface area is 123 Å². The largest absolute Gasteiger partial charge is 0.434 e. The van der Waals surface area contributed by atoms with Gasteiger partial charge in [0.1, 0.15) is 5.38 Å². The second-order valence-electron chi connectivity index (χ2n) is 4.78. The first-order valence-electron chi connectivity index (χ1n) is 6.24. The molecule has 1 unspecified atom stereocenters. The molecule has 1 saturated heterocycles. The van der Waals surface area contributed by atoms with Gasteiger partial charge in [0.25, 0.3) is 0 Å². The van der Waals surface area contributed by atoms with Crippen LogP contribution in [0.1, 0.15) is 36.4 Å². The van der Waals surface area contributed by atoms with Crippen LogP contribution < -0.4 is 0 Å². The zero-order valence-corrected chi connectivity index (χ0v) is 12.4. The molecule has 3 nitrogen and oxygen atoms in total. The van der Waals surface area contributed by atoms with Gasteiger partial charge < -0.3 is 4.90 Å². The smallest absolute Gasteiger partial charge is 0.341 e. The van der Waals surface area contributed by atoms with Crippen LogP contribution >= 0.6 is 22.9 Å². The number of alkyl halides is 4. The molecule has 2 heterocycles. The Morgan fingerprint density at radius 3 is 2.55 bits per heavy atom. The van der Waals surface area contributed by atoms with E-state index >= 15 is 0 Å². The summed E-state index contributed by atoms with van der Waals surface area (Å²) in [6.45, 7) is 2.65. The van der Waals surface area contributed by atoms with Crippen molar-refractivity contribution in [1.29, 1.82) is 0 Å². The topological polar surface area (TPSA) is 33.2 Å². The first-order chi connectivity index (χ1) is 9.29. The molecule has 0 aliphatic carbocycles. The summed E-state index contributed by atoms with van der Waals surface area (Å²) >= 11 is 6.78. The number of thiazole rings is 1. The third kappa shape index (κ3) is 3.44. The van der Waals surface area contributed by atoms with Gasteiger partial charge in [-0.25, -0.2) is 4.98 Å². The molecule has 2 rings (SSSR count). The van der Waals surface area contributed by atoms with Crippen molar-refractivity contribution in [3.8, 4) is 0 Å². The average molecular weight is 327 g/mol. The van der Waals surface area contributed by atoms with Gasteiger partial charge in [-0.05, 0) is 19.8 Å². The molecular weight excluding hydrogens is 313 g/mol. The van der Waals surface area contributed by atoms with Crippen LogP contribution in [0.2, 0.25) is 0 Å². The van der Waals surface area contributed by atoms with Crippen molar-refractivity contribution >= 4 is 28.8 Å². The summed E-state index contributed by atoms with van der Waals surface area (Å²) in [7, 11) is 0. The lowest BCUT2D eigenvalue weighted by Gasteiger charge is -2.31. The van der Waals surface area contributed by atoms with Gasteiger partial charge in [0.05, 0.1) is 5.01 Å². The lowest BCUT2D eigenvalue weighted by molar-refractivity contribution is -0.140. The van der Waals surface area contributed by atoms with E-state index in [9.17, 15) is 18.0 Å². The summed E-state index contributed by atoms with van der Waals surface area (Å²) < 4.78 is 37.5. The molecule has 1 amide bonds. The van der Waals surface area contributed by atoms with Crippen molar-refractivity contribution in [1.82, 2.24) is 9.88 Å². The summed E-state index contributed by atoms with van der Waals surface area (Å²) in [5.41, 5.74) is -0.828. The normalized spacial score (nSPS) is 19.1. The minimum absolute atomic E-state index is 0.00854. The van der Waals surface area contributed by atoms with Crippen LogP contribution in [0.25, 0.3) is 0 Å². The fraction of sp³-hybridized carbons (Fsp3) is 0.667. The summed E-state index contributed by atoms with van der Waals surface area (Å²) in [6, 6.07) is 0. The van der Waals surface area contributed by atoms with Crippen LogP contribution in [-0.4, -0.2) is 34.3 Å². The molecule has 1 aliphatic rings. The van der Waals surface area contributed by atoms with E-state index in [1.807, 2.05) is 0 Å². The average Bonchev–Trinajstić information content (AvgIpc) is 2.87. The predicted molar refractivity (Wildman–Crippen MR) is 71.0 cm³/mol. The number of piperidine rings is 1. The molecule has 0 aromatic carbocycles. The number of rotatable bonds is 2. The zero-order valence-electron chi connectivity index (χ0n) is 10.8. The van der Waals surface area contributed by atoms with Gasteiger partial charge in [-0.1, -0.05) is 0 Å². The van der Waals surface area contributed by atoms with Gasteiger partial charge in [0.15, 0.2) is 5.69 Å². The summed E-state index contributed by atoms with van der Waals surface area (Å²) in [5, 5.41) is 0.986. The number of carbonyl (C=O) groups is 1. The van der Waals surface area contributed by atoms with E-state index in [0.717, 1.165) is 16.7 Å². The predicted octanol–water partition coefficient (Wildman–Crippen LogP) is 3.50. The van der Waals surface area contributed by atoms with Crippen molar-refractivity contribution < 1.29 is 18.0 Å². The molecule has 1 atom stereocenters. The van der Waals surface area contributed by atoms with E-state index in [2.05, 4.69) is 4.98 Å². The fourth-order valence-corrected chi connectivity index (χ4v) is 3.34. The summed E-state index contributed by atoms with van der Waals surface area (Å²) in [4.78, 5) is 17.0. The molecular formula is C12H14ClF3N2OS.